The molecular weight excluding hydrogens is 376 g/mol. The van der Waals surface area contributed by atoms with Crippen LogP contribution in [-0.2, 0) is 34.3 Å². The highest BCUT2D eigenvalue weighted by Gasteiger charge is 2.52. The van der Waals surface area contributed by atoms with Gasteiger partial charge in [0.05, 0.1) is 17.4 Å². The second kappa shape index (κ2) is 8.05. The lowest BCUT2D eigenvalue weighted by atomic mass is 9.75. The highest BCUT2D eigenvalue weighted by Crippen LogP contribution is 2.36. The average Bonchev–Trinajstić information content (AvgIpc) is 3.02. The molecule has 0 spiro atoms. The predicted molar refractivity (Wildman–Crippen MR) is 108 cm³/mol. The molecule has 0 saturated carbocycles. The molecule has 1 aromatic carbocycles. The molecule has 3 rings (SSSR count). The van der Waals surface area contributed by atoms with Crippen LogP contribution < -0.4 is 5.32 Å². The van der Waals surface area contributed by atoms with Gasteiger partial charge in [-0.3, -0.25) is 9.48 Å². The minimum Gasteiger partial charge on any atom is -0.351 e. The molecule has 1 N–H and O–H groups in total. The van der Waals surface area contributed by atoms with Crippen LogP contribution in [0, 0.1) is 12.3 Å². The van der Waals surface area contributed by atoms with Crippen molar-refractivity contribution in [3.63, 3.8) is 0 Å². The maximum atomic E-state index is 13.1. The third-order valence-electron chi connectivity index (χ3n) is 5.53. The summed E-state index contributed by atoms with van der Waals surface area (Å²) in [5, 5.41) is 7.33. The van der Waals surface area contributed by atoms with Gasteiger partial charge in [0.15, 0.2) is 0 Å². The Kier molecular flexibility index (Phi) is 5.90. The van der Waals surface area contributed by atoms with Gasteiger partial charge in [0.25, 0.3) is 0 Å². The molecule has 1 aliphatic heterocycles. The summed E-state index contributed by atoms with van der Waals surface area (Å²) >= 11 is 0. The fourth-order valence-electron chi connectivity index (χ4n) is 3.67. The molecule has 0 radical (unpaired) electrons. The van der Waals surface area contributed by atoms with Gasteiger partial charge in [0, 0.05) is 37.4 Å². The van der Waals surface area contributed by atoms with Crippen LogP contribution in [0.1, 0.15) is 30.7 Å². The molecular formula is C20H28N4O3S. The molecule has 1 fully saturated rings. The van der Waals surface area contributed by atoms with E-state index in [0.29, 0.717) is 13.0 Å². The second-order valence-electron chi connectivity index (χ2n) is 7.36. The molecule has 0 bridgehead atoms. The molecule has 8 heteroatoms. The van der Waals surface area contributed by atoms with E-state index >= 15 is 0 Å². The molecule has 1 amide bonds. The number of aryl methyl sites for hydroxylation is 1. The fraction of sp³-hybridized carbons (Fsp3) is 0.500. The van der Waals surface area contributed by atoms with Gasteiger partial charge in [0.2, 0.25) is 15.9 Å². The first-order chi connectivity index (χ1) is 13.3. The van der Waals surface area contributed by atoms with E-state index in [2.05, 4.69) is 10.4 Å². The normalized spacial score (nSPS) is 16.5. The minimum atomic E-state index is -3.29. The number of carbonyl (C=O) groups excluding carboxylic acids is 1. The average molecular weight is 405 g/mol. The number of amides is 1. The first-order valence-electron chi connectivity index (χ1n) is 9.62. The van der Waals surface area contributed by atoms with Gasteiger partial charge in [-0.1, -0.05) is 30.3 Å². The van der Waals surface area contributed by atoms with Crippen molar-refractivity contribution in [1.82, 2.24) is 19.4 Å². The van der Waals surface area contributed by atoms with E-state index in [1.165, 1.54) is 4.31 Å². The van der Waals surface area contributed by atoms with Crippen molar-refractivity contribution in [1.29, 1.82) is 0 Å². The largest absolute Gasteiger partial charge is 0.351 e. The molecule has 1 aromatic heterocycles. The third-order valence-corrected chi connectivity index (χ3v) is 7.30. The lowest BCUT2D eigenvalue weighted by Crippen LogP contribution is -2.65. The van der Waals surface area contributed by atoms with Crippen LogP contribution in [0.3, 0.4) is 0 Å². The van der Waals surface area contributed by atoms with E-state index in [1.807, 2.05) is 48.9 Å². The standard InChI is InChI=1S/C20H28N4O3S/c1-4-24-16(3)18(13-22-24)12-21-19(25)20(11-17-9-7-6-8-10-17)14-23(15-20)28(26,27)5-2/h6-10,13H,4-5,11-12,14-15H2,1-3H3,(H,21,25). The molecule has 2 heterocycles. The van der Waals surface area contributed by atoms with Gasteiger partial charge < -0.3 is 5.32 Å². The Morgan fingerprint density at radius 2 is 1.89 bits per heavy atom. The number of hydrogen-bond donors (Lipinski definition) is 1. The fourth-order valence-corrected chi connectivity index (χ4v) is 4.92. The molecule has 1 aliphatic rings. The van der Waals surface area contributed by atoms with Crippen LogP contribution >= 0.6 is 0 Å². The van der Waals surface area contributed by atoms with E-state index in [9.17, 15) is 13.2 Å². The summed E-state index contributed by atoms with van der Waals surface area (Å²) in [6, 6.07) is 9.74. The van der Waals surface area contributed by atoms with E-state index in [0.717, 1.165) is 23.4 Å². The quantitative estimate of drug-likeness (QED) is 0.726. The first kappa shape index (κ1) is 20.5. The zero-order valence-corrected chi connectivity index (χ0v) is 17.5. The van der Waals surface area contributed by atoms with Crippen LogP contribution in [0.15, 0.2) is 36.5 Å². The Morgan fingerprint density at radius 1 is 1.21 bits per heavy atom. The summed E-state index contributed by atoms with van der Waals surface area (Å²) in [6.07, 6.45) is 2.29. The molecule has 7 nitrogen and oxygen atoms in total. The Labute approximate surface area is 166 Å². The lowest BCUT2D eigenvalue weighted by molar-refractivity contribution is -0.137. The Balaban J connectivity index is 1.75. The number of benzene rings is 1. The maximum absolute atomic E-state index is 13.1. The van der Waals surface area contributed by atoms with Crippen molar-refractivity contribution < 1.29 is 13.2 Å². The zero-order chi connectivity index (χ0) is 20.4. The zero-order valence-electron chi connectivity index (χ0n) is 16.7. The molecule has 28 heavy (non-hydrogen) atoms. The smallest absolute Gasteiger partial charge is 0.229 e. The van der Waals surface area contributed by atoms with E-state index in [4.69, 9.17) is 0 Å². The van der Waals surface area contributed by atoms with Crippen molar-refractivity contribution in [2.75, 3.05) is 18.8 Å². The number of sulfonamides is 1. The van der Waals surface area contributed by atoms with Crippen molar-refractivity contribution in [3.05, 3.63) is 53.3 Å². The van der Waals surface area contributed by atoms with Crippen LogP contribution in [0.2, 0.25) is 0 Å². The molecule has 2 aromatic rings. The molecule has 0 unspecified atom stereocenters. The Morgan fingerprint density at radius 3 is 2.46 bits per heavy atom. The Bertz CT molecular complexity index is 932. The van der Waals surface area contributed by atoms with E-state index in [-0.39, 0.29) is 24.7 Å². The monoisotopic (exact) mass is 404 g/mol. The van der Waals surface area contributed by atoms with Crippen LogP contribution in [-0.4, -0.2) is 47.3 Å². The van der Waals surface area contributed by atoms with Gasteiger partial charge in [0.1, 0.15) is 0 Å². The highest BCUT2D eigenvalue weighted by atomic mass is 32.2. The Hall–Kier alpha value is -2.19. The van der Waals surface area contributed by atoms with Crippen LogP contribution in [0.5, 0.6) is 0 Å². The summed E-state index contributed by atoms with van der Waals surface area (Å²) in [6.45, 7) is 7.24. The molecule has 152 valence electrons. The summed E-state index contributed by atoms with van der Waals surface area (Å²) in [4.78, 5) is 13.1. The van der Waals surface area contributed by atoms with Crippen molar-refractivity contribution in [2.45, 2.75) is 40.3 Å². The number of carbonyl (C=O) groups is 1. The molecule has 0 aliphatic carbocycles. The van der Waals surface area contributed by atoms with Crippen molar-refractivity contribution in [3.8, 4) is 0 Å². The summed E-state index contributed by atoms with van der Waals surface area (Å²) < 4.78 is 27.7. The number of aromatic nitrogens is 2. The maximum Gasteiger partial charge on any atom is 0.229 e. The summed E-state index contributed by atoms with van der Waals surface area (Å²) in [7, 11) is -3.29. The summed E-state index contributed by atoms with van der Waals surface area (Å²) in [5.41, 5.74) is 2.30. The van der Waals surface area contributed by atoms with Gasteiger partial charge in [-0.15, -0.1) is 0 Å². The van der Waals surface area contributed by atoms with Gasteiger partial charge in [-0.25, -0.2) is 8.42 Å². The van der Waals surface area contributed by atoms with Gasteiger partial charge >= 0.3 is 0 Å². The minimum absolute atomic E-state index is 0.0471. The van der Waals surface area contributed by atoms with Crippen LogP contribution in [0.4, 0.5) is 0 Å². The molecule has 1 saturated heterocycles. The van der Waals surface area contributed by atoms with Crippen molar-refractivity contribution >= 4 is 15.9 Å². The second-order valence-corrected chi connectivity index (χ2v) is 9.62. The van der Waals surface area contributed by atoms with Crippen molar-refractivity contribution in [2.24, 2.45) is 5.41 Å². The number of nitrogens with zero attached hydrogens (tertiary/aromatic N) is 3. The number of nitrogens with one attached hydrogen (secondary N) is 1. The van der Waals surface area contributed by atoms with Crippen LogP contribution in [0.25, 0.3) is 0 Å². The first-order valence-corrected chi connectivity index (χ1v) is 11.2. The highest BCUT2D eigenvalue weighted by molar-refractivity contribution is 7.89. The number of rotatable bonds is 8. The van der Waals surface area contributed by atoms with Gasteiger partial charge in [-0.2, -0.15) is 9.40 Å². The lowest BCUT2D eigenvalue weighted by Gasteiger charge is -2.47. The number of hydrogen-bond acceptors (Lipinski definition) is 4. The predicted octanol–water partition coefficient (Wildman–Crippen LogP) is 1.72. The SMILES string of the molecule is CCn1ncc(CNC(=O)C2(Cc3ccccc3)CN(S(=O)(=O)CC)C2)c1C. The van der Waals surface area contributed by atoms with E-state index in [1.54, 1.807) is 13.1 Å². The van der Waals surface area contributed by atoms with Gasteiger partial charge in [-0.05, 0) is 32.8 Å². The summed E-state index contributed by atoms with van der Waals surface area (Å²) in [5.74, 6) is -0.0617. The van der Waals surface area contributed by atoms with E-state index < -0.39 is 15.4 Å². The topological polar surface area (TPSA) is 84.3 Å². The third kappa shape index (κ3) is 3.98. The molecule has 0 atom stereocenters.